The Labute approximate surface area is 142 Å². The van der Waals surface area contributed by atoms with Crippen LogP contribution < -0.4 is 4.74 Å². The zero-order valence-electron chi connectivity index (χ0n) is 14.1. The Morgan fingerprint density at radius 2 is 2.29 bits per heavy atom. The summed E-state index contributed by atoms with van der Waals surface area (Å²) in [5.74, 6) is 2.01. The largest absolute Gasteiger partial charge is 0.497 e. The lowest BCUT2D eigenvalue weighted by molar-refractivity contribution is -0.0444. The van der Waals surface area contributed by atoms with Gasteiger partial charge in [-0.2, -0.15) is 0 Å². The van der Waals surface area contributed by atoms with E-state index in [9.17, 15) is 5.11 Å². The zero-order valence-corrected chi connectivity index (χ0v) is 14.1. The van der Waals surface area contributed by atoms with Gasteiger partial charge in [0.2, 0.25) is 0 Å². The fourth-order valence-electron chi connectivity index (χ4n) is 4.44. The Kier molecular flexibility index (Phi) is 4.02. The molecule has 2 bridgehead atoms. The summed E-state index contributed by atoms with van der Waals surface area (Å²) in [7, 11) is 1.66. The number of pyridine rings is 1. The molecule has 3 aliphatic rings. The topological polar surface area (TPSA) is 45.6 Å². The van der Waals surface area contributed by atoms with E-state index >= 15 is 0 Å². The molecule has 5 atom stereocenters. The van der Waals surface area contributed by atoms with Crippen LogP contribution in [0, 0.1) is 11.8 Å². The standard InChI is InChI=1S/C20H24N2O2/c1-3-13-12-22-9-7-14(13)10-19(22)20(23)16-6-8-21-18-5-4-15(24-2)11-17(16)18/h3-6,8,11,13-14,19-20,23H,1,7,9-10,12H2,2H3/t13-,14+,19+,20-/m1/s1. The summed E-state index contributed by atoms with van der Waals surface area (Å²) < 4.78 is 5.35. The summed E-state index contributed by atoms with van der Waals surface area (Å²) >= 11 is 0. The van der Waals surface area contributed by atoms with Gasteiger partial charge in [-0.3, -0.25) is 9.88 Å². The van der Waals surface area contributed by atoms with E-state index in [2.05, 4.69) is 22.5 Å². The molecule has 2 aromatic rings. The van der Waals surface area contributed by atoms with Crippen molar-refractivity contribution in [2.75, 3.05) is 20.2 Å². The number of benzene rings is 1. The van der Waals surface area contributed by atoms with Crippen molar-refractivity contribution in [1.29, 1.82) is 0 Å². The van der Waals surface area contributed by atoms with Gasteiger partial charge in [-0.15, -0.1) is 6.58 Å². The Hall–Kier alpha value is -1.91. The normalized spacial score (nSPS) is 30.2. The lowest BCUT2D eigenvalue weighted by atomic mass is 9.73. The van der Waals surface area contributed by atoms with Gasteiger partial charge in [0.1, 0.15) is 5.75 Å². The van der Waals surface area contributed by atoms with Crippen LogP contribution >= 0.6 is 0 Å². The highest BCUT2D eigenvalue weighted by molar-refractivity contribution is 5.83. The average Bonchev–Trinajstić information content (AvgIpc) is 2.66. The molecule has 3 fully saturated rings. The Morgan fingerprint density at radius 1 is 1.42 bits per heavy atom. The van der Waals surface area contributed by atoms with Gasteiger partial charge in [0.25, 0.3) is 0 Å². The van der Waals surface area contributed by atoms with E-state index in [0.29, 0.717) is 11.8 Å². The number of hydrogen-bond donors (Lipinski definition) is 1. The summed E-state index contributed by atoms with van der Waals surface area (Å²) in [4.78, 5) is 6.86. The van der Waals surface area contributed by atoms with Crippen LogP contribution in [0.25, 0.3) is 10.9 Å². The van der Waals surface area contributed by atoms with Crippen LogP contribution in [0.4, 0.5) is 0 Å². The molecule has 126 valence electrons. The molecule has 0 spiro atoms. The third-order valence-electron chi connectivity index (χ3n) is 5.82. The molecule has 3 saturated heterocycles. The number of aromatic nitrogens is 1. The minimum Gasteiger partial charge on any atom is -0.497 e. The van der Waals surface area contributed by atoms with Crippen molar-refractivity contribution in [2.45, 2.75) is 25.0 Å². The average molecular weight is 324 g/mol. The Balaban J connectivity index is 1.69. The number of aliphatic hydroxyl groups excluding tert-OH is 1. The van der Waals surface area contributed by atoms with Crippen molar-refractivity contribution in [3.63, 3.8) is 0 Å². The van der Waals surface area contributed by atoms with E-state index in [0.717, 1.165) is 41.7 Å². The van der Waals surface area contributed by atoms with Crippen LogP contribution in [0.15, 0.2) is 43.1 Å². The molecule has 1 unspecified atom stereocenters. The van der Waals surface area contributed by atoms with Crippen LogP contribution in [0.5, 0.6) is 5.75 Å². The van der Waals surface area contributed by atoms with Crippen molar-refractivity contribution >= 4 is 10.9 Å². The molecule has 0 amide bonds. The fraction of sp³-hybridized carbons (Fsp3) is 0.450. The number of hydrogen-bond acceptors (Lipinski definition) is 4. The molecule has 0 radical (unpaired) electrons. The quantitative estimate of drug-likeness (QED) is 0.878. The van der Waals surface area contributed by atoms with Gasteiger partial charge >= 0.3 is 0 Å². The molecule has 1 N–H and O–H groups in total. The predicted octanol–water partition coefficient (Wildman–Crippen LogP) is 3.17. The Bertz CT molecular complexity index is 760. The van der Waals surface area contributed by atoms with E-state index in [1.165, 1.54) is 6.42 Å². The predicted molar refractivity (Wildman–Crippen MR) is 95.0 cm³/mol. The fourth-order valence-corrected chi connectivity index (χ4v) is 4.44. The monoisotopic (exact) mass is 324 g/mol. The second kappa shape index (κ2) is 6.19. The molecule has 3 aliphatic heterocycles. The van der Waals surface area contributed by atoms with Gasteiger partial charge in [0.05, 0.1) is 18.7 Å². The van der Waals surface area contributed by atoms with Crippen LogP contribution in [0.2, 0.25) is 0 Å². The zero-order chi connectivity index (χ0) is 16.7. The summed E-state index contributed by atoms with van der Waals surface area (Å²) in [6.45, 7) is 6.07. The number of rotatable bonds is 4. The SMILES string of the molecule is C=C[C@@H]1CN2CC[C@H]1C[C@H]2[C@H](O)c1ccnc2ccc(OC)cc12. The number of piperidine rings is 3. The van der Waals surface area contributed by atoms with Crippen LogP contribution in [0.3, 0.4) is 0 Å². The number of methoxy groups -OCH3 is 1. The van der Waals surface area contributed by atoms with E-state index in [1.54, 1.807) is 13.3 Å². The maximum Gasteiger partial charge on any atom is 0.119 e. The lowest BCUT2D eigenvalue weighted by Crippen LogP contribution is -2.54. The van der Waals surface area contributed by atoms with Gasteiger partial charge in [-0.25, -0.2) is 0 Å². The van der Waals surface area contributed by atoms with Crippen LogP contribution in [0.1, 0.15) is 24.5 Å². The van der Waals surface area contributed by atoms with Crippen molar-refractivity contribution < 1.29 is 9.84 Å². The molecule has 4 nitrogen and oxygen atoms in total. The van der Waals surface area contributed by atoms with E-state index < -0.39 is 6.10 Å². The first-order chi connectivity index (χ1) is 11.7. The molecule has 1 aromatic heterocycles. The van der Waals surface area contributed by atoms with E-state index in [1.807, 2.05) is 24.3 Å². The van der Waals surface area contributed by atoms with Crippen molar-refractivity contribution in [3.05, 3.63) is 48.7 Å². The van der Waals surface area contributed by atoms with Gasteiger partial charge < -0.3 is 9.84 Å². The highest BCUT2D eigenvalue weighted by atomic mass is 16.5. The number of aliphatic hydroxyl groups is 1. The first-order valence-electron chi connectivity index (χ1n) is 8.68. The number of fused-ring (bicyclic) bond motifs is 4. The minimum atomic E-state index is -0.504. The van der Waals surface area contributed by atoms with Crippen molar-refractivity contribution in [1.82, 2.24) is 9.88 Å². The van der Waals surface area contributed by atoms with Crippen molar-refractivity contribution in [3.8, 4) is 5.75 Å². The minimum absolute atomic E-state index is 0.178. The van der Waals surface area contributed by atoms with Gasteiger partial charge in [0, 0.05) is 24.2 Å². The Morgan fingerprint density at radius 3 is 3.00 bits per heavy atom. The molecule has 24 heavy (non-hydrogen) atoms. The first kappa shape index (κ1) is 15.6. The van der Waals surface area contributed by atoms with Gasteiger partial charge in [0.15, 0.2) is 0 Å². The maximum atomic E-state index is 11.2. The van der Waals surface area contributed by atoms with E-state index in [-0.39, 0.29) is 6.04 Å². The van der Waals surface area contributed by atoms with Crippen molar-refractivity contribution in [2.24, 2.45) is 11.8 Å². The molecule has 5 rings (SSSR count). The second-order valence-electron chi connectivity index (χ2n) is 6.97. The molecule has 1 aromatic carbocycles. The summed E-state index contributed by atoms with van der Waals surface area (Å²) in [6, 6.07) is 7.96. The van der Waals surface area contributed by atoms with Crippen LogP contribution in [-0.4, -0.2) is 41.2 Å². The third kappa shape index (κ3) is 2.50. The highest BCUT2D eigenvalue weighted by Gasteiger charge is 2.42. The first-order valence-corrected chi connectivity index (χ1v) is 8.68. The van der Waals surface area contributed by atoms with Gasteiger partial charge in [-0.1, -0.05) is 6.08 Å². The summed E-state index contributed by atoms with van der Waals surface area (Å²) in [5, 5.41) is 12.1. The third-order valence-corrected chi connectivity index (χ3v) is 5.82. The number of nitrogens with zero attached hydrogens (tertiary/aromatic N) is 2. The molecule has 4 heterocycles. The lowest BCUT2D eigenvalue weighted by Gasteiger charge is -2.50. The molecule has 4 heteroatoms. The number of ether oxygens (including phenoxy) is 1. The maximum absolute atomic E-state index is 11.2. The molecular weight excluding hydrogens is 300 g/mol. The molecule has 0 saturated carbocycles. The smallest absolute Gasteiger partial charge is 0.119 e. The van der Waals surface area contributed by atoms with E-state index in [4.69, 9.17) is 4.74 Å². The molecular formula is C20H24N2O2. The second-order valence-corrected chi connectivity index (χ2v) is 6.97. The highest BCUT2D eigenvalue weighted by Crippen LogP contribution is 2.42. The molecule has 0 aliphatic carbocycles. The summed E-state index contributed by atoms with van der Waals surface area (Å²) in [6.07, 6.45) is 5.62. The summed E-state index contributed by atoms with van der Waals surface area (Å²) in [5.41, 5.74) is 1.85. The van der Waals surface area contributed by atoms with Gasteiger partial charge in [-0.05, 0) is 61.1 Å². The van der Waals surface area contributed by atoms with Crippen LogP contribution in [-0.2, 0) is 0 Å².